The maximum Gasteiger partial charge on any atom is 0.324 e. The third kappa shape index (κ3) is 5.54. The van der Waals surface area contributed by atoms with Gasteiger partial charge in [0.1, 0.15) is 17.3 Å². The minimum Gasteiger partial charge on any atom is -0.497 e. The molecule has 35 heavy (non-hydrogen) atoms. The average molecular weight is 478 g/mol. The zero-order valence-corrected chi connectivity index (χ0v) is 20.0. The molecule has 0 atom stereocenters. The fourth-order valence-electron chi connectivity index (χ4n) is 4.14. The zero-order chi connectivity index (χ0) is 24.9. The van der Waals surface area contributed by atoms with E-state index in [2.05, 4.69) is 5.32 Å². The molecule has 7 nitrogen and oxygen atoms in total. The highest BCUT2D eigenvalue weighted by Gasteiger charge is 2.29. The molecule has 0 bridgehead atoms. The largest absolute Gasteiger partial charge is 0.497 e. The highest BCUT2D eigenvalue weighted by molar-refractivity contribution is 6.07. The summed E-state index contributed by atoms with van der Waals surface area (Å²) in [6, 6.07) is 16.4. The summed E-state index contributed by atoms with van der Waals surface area (Å²) >= 11 is 0. The van der Waals surface area contributed by atoms with E-state index in [4.69, 9.17) is 9.47 Å². The topological polar surface area (TPSA) is 71.1 Å². The van der Waals surface area contributed by atoms with Crippen molar-refractivity contribution >= 4 is 23.3 Å². The quantitative estimate of drug-likeness (QED) is 0.506. The third-order valence-corrected chi connectivity index (χ3v) is 5.87. The predicted molar refractivity (Wildman–Crippen MR) is 133 cm³/mol. The zero-order valence-electron chi connectivity index (χ0n) is 20.0. The number of amides is 3. The van der Waals surface area contributed by atoms with E-state index in [0.29, 0.717) is 42.5 Å². The number of hydrogen-bond acceptors (Lipinski definition) is 4. The summed E-state index contributed by atoms with van der Waals surface area (Å²) in [5, 5.41) is 2.86. The van der Waals surface area contributed by atoms with Crippen LogP contribution in [-0.2, 0) is 6.54 Å². The molecule has 1 aliphatic rings. The lowest BCUT2D eigenvalue weighted by atomic mass is 10.1. The van der Waals surface area contributed by atoms with Gasteiger partial charge in [-0.1, -0.05) is 12.1 Å². The van der Waals surface area contributed by atoms with Crippen molar-refractivity contribution in [1.29, 1.82) is 0 Å². The number of carbonyl (C=O) groups is 2. The van der Waals surface area contributed by atoms with Crippen LogP contribution in [0.4, 0.5) is 20.6 Å². The van der Waals surface area contributed by atoms with E-state index < -0.39 is 11.7 Å². The molecule has 0 radical (unpaired) electrons. The molecule has 1 saturated heterocycles. The van der Waals surface area contributed by atoms with Crippen molar-refractivity contribution in [3.05, 3.63) is 83.2 Å². The normalized spacial score (nSPS) is 13.5. The Hall–Kier alpha value is -4.07. The van der Waals surface area contributed by atoms with Crippen molar-refractivity contribution in [2.75, 3.05) is 37.5 Å². The SMILES string of the molecule is COc1cc(CN2CCCN(c3ccc(C)cc3NC(=O)c3cccc(F)c3)C2=O)cc(OC)c1. The minimum absolute atomic E-state index is 0.164. The van der Waals surface area contributed by atoms with Gasteiger partial charge in [0, 0.05) is 31.3 Å². The van der Waals surface area contributed by atoms with E-state index >= 15 is 0 Å². The molecule has 0 aliphatic carbocycles. The van der Waals surface area contributed by atoms with Gasteiger partial charge in [-0.2, -0.15) is 0 Å². The maximum absolute atomic E-state index is 13.6. The van der Waals surface area contributed by atoms with Crippen molar-refractivity contribution in [1.82, 2.24) is 4.90 Å². The number of methoxy groups -OCH3 is 2. The lowest BCUT2D eigenvalue weighted by Crippen LogP contribution is -2.49. The van der Waals surface area contributed by atoms with Gasteiger partial charge in [-0.05, 0) is 66.9 Å². The van der Waals surface area contributed by atoms with Crippen LogP contribution in [0, 0.1) is 12.7 Å². The molecule has 1 heterocycles. The maximum atomic E-state index is 13.6. The van der Waals surface area contributed by atoms with Gasteiger partial charge in [-0.15, -0.1) is 0 Å². The molecule has 3 aromatic carbocycles. The number of anilines is 2. The number of hydrogen-bond donors (Lipinski definition) is 1. The Morgan fingerprint density at radius 1 is 1.00 bits per heavy atom. The van der Waals surface area contributed by atoms with Crippen molar-refractivity contribution in [2.24, 2.45) is 0 Å². The number of urea groups is 1. The first-order chi connectivity index (χ1) is 16.9. The highest BCUT2D eigenvalue weighted by atomic mass is 19.1. The van der Waals surface area contributed by atoms with E-state index in [-0.39, 0.29) is 11.6 Å². The second kappa shape index (κ2) is 10.5. The van der Waals surface area contributed by atoms with Crippen LogP contribution in [-0.4, -0.2) is 44.1 Å². The first kappa shape index (κ1) is 24.1. The Bertz CT molecular complexity index is 1220. The second-order valence-corrected chi connectivity index (χ2v) is 8.42. The molecule has 4 rings (SSSR count). The average Bonchev–Trinajstić information content (AvgIpc) is 2.85. The number of carbonyl (C=O) groups excluding carboxylic acids is 2. The van der Waals surface area contributed by atoms with Crippen molar-refractivity contribution in [3.63, 3.8) is 0 Å². The van der Waals surface area contributed by atoms with Crippen LogP contribution in [0.2, 0.25) is 0 Å². The smallest absolute Gasteiger partial charge is 0.324 e. The first-order valence-electron chi connectivity index (χ1n) is 11.3. The van der Waals surface area contributed by atoms with E-state index in [1.165, 1.54) is 18.2 Å². The van der Waals surface area contributed by atoms with E-state index in [1.807, 2.05) is 37.3 Å². The van der Waals surface area contributed by atoms with Crippen molar-refractivity contribution in [2.45, 2.75) is 19.9 Å². The lowest BCUT2D eigenvalue weighted by Gasteiger charge is -2.36. The van der Waals surface area contributed by atoms with Gasteiger partial charge in [-0.3, -0.25) is 9.69 Å². The van der Waals surface area contributed by atoms with Gasteiger partial charge in [0.25, 0.3) is 5.91 Å². The molecule has 0 saturated carbocycles. The van der Waals surface area contributed by atoms with Gasteiger partial charge in [-0.25, -0.2) is 9.18 Å². The molecule has 0 spiro atoms. The molecule has 8 heteroatoms. The molecule has 0 unspecified atom stereocenters. The summed E-state index contributed by atoms with van der Waals surface area (Å²) in [5.74, 6) is 0.377. The Balaban J connectivity index is 1.58. The van der Waals surface area contributed by atoms with E-state index in [9.17, 15) is 14.0 Å². The lowest BCUT2D eigenvalue weighted by molar-refractivity contribution is 0.102. The number of ether oxygens (including phenoxy) is 2. The molecular formula is C27H28FN3O4. The molecular weight excluding hydrogens is 449 g/mol. The Morgan fingerprint density at radius 3 is 2.43 bits per heavy atom. The monoisotopic (exact) mass is 477 g/mol. The van der Waals surface area contributed by atoms with E-state index in [1.54, 1.807) is 36.2 Å². The molecule has 182 valence electrons. The van der Waals surface area contributed by atoms with Gasteiger partial charge in [0.15, 0.2) is 0 Å². The number of rotatable bonds is 7. The summed E-state index contributed by atoms with van der Waals surface area (Å²) in [4.78, 5) is 29.7. The minimum atomic E-state index is -0.488. The highest BCUT2D eigenvalue weighted by Crippen LogP contribution is 2.31. The van der Waals surface area contributed by atoms with Crippen molar-refractivity contribution < 1.29 is 23.5 Å². The molecule has 3 aromatic rings. The number of halogens is 1. The van der Waals surface area contributed by atoms with Crippen LogP contribution >= 0.6 is 0 Å². The molecule has 1 N–H and O–H groups in total. The Kier molecular flexibility index (Phi) is 7.19. The van der Waals surface area contributed by atoms with Crippen LogP contribution in [0.3, 0.4) is 0 Å². The summed E-state index contributed by atoms with van der Waals surface area (Å²) < 4.78 is 24.3. The van der Waals surface area contributed by atoms with E-state index in [0.717, 1.165) is 17.5 Å². The summed E-state index contributed by atoms with van der Waals surface area (Å²) in [6.07, 6.45) is 0.762. The van der Waals surface area contributed by atoms with Crippen LogP contribution in [0.1, 0.15) is 27.9 Å². The van der Waals surface area contributed by atoms with Gasteiger partial charge >= 0.3 is 6.03 Å². The van der Waals surface area contributed by atoms with Crippen LogP contribution in [0.25, 0.3) is 0 Å². The molecule has 1 aliphatic heterocycles. The Morgan fingerprint density at radius 2 is 1.74 bits per heavy atom. The number of aryl methyl sites for hydroxylation is 1. The summed E-state index contributed by atoms with van der Waals surface area (Å²) in [6.45, 7) is 3.41. The molecule has 0 aromatic heterocycles. The number of nitrogens with zero attached hydrogens (tertiary/aromatic N) is 2. The third-order valence-electron chi connectivity index (χ3n) is 5.87. The second-order valence-electron chi connectivity index (χ2n) is 8.42. The van der Waals surface area contributed by atoms with Gasteiger partial charge < -0.3 is 19.7 Å². The van der Waals surface area contributed by atoms with Crippen LogP contribution in [0.15, 0.2) is 60.7 Å². The fourth-order valence-corrected chi connectivity index (χ4v) is 4.14. The molecule has 1 fully saturated rings. The van der Waals surface area contributed by atoms with Gasteiger partial charge in [0.2, 0.25) is 0 Å². The predicted octanol–water partition coefficient (Wildman–Crippen LogP) is 5.24. The van der Waals surface area contributed by atoms with Crippen LogP contribution < -0.4 is 19.7 Å². The van der Waals surface area contributed by atoms with Crippen LogP contribution in [0.5, 0.6) is 11.5 Å². The fraction of sp³-hybridized carbons (Fsp3) is 0.259. The summed E-state index contributed by atoms with van der Waals surface area (Å²) in [7, 11) is 3.17. The van der Waals surface area contributed by atoms with Gasteiger partial charge in [0.05, 0.1) is 25.6 Å². The first-order valence-corrected chi connectivity index (χ1v) is 11.3. The number of nitrogens with one attached hydrogen (secondary N) is 1. The standard InChI is InChI=1S/C27H28FN3O4/c1-18-8-9-25(24(12-18)29-26(32)20-6-4-7-21(28)15-20)31-11-5-10-30(27(31)33)17-19-13-22(34-2)16-23(14-19)35-3/h4,6-9,12-16H,5,10-11,17H2,1-3H3,(H,29,32). The summed E-state index contributed by atoms with van der Waals surface area (Å²) in [5.41, 5.74) is 3.11. The van der Waals surface area contributed by atoms with Crippen molar-refractivity contribution in [3.8, 4) is 11.5 Å². The number of benzene rings is 3. The molecule has 3 amide bonds. The Labute approximate surface area is 204 Å².